The number of H-pyrrole nitrogens is 1. The Morgan fingerprint density at radius 2 is 1.97 bits per heavy atom. The van der Waals surface area contributed by atoms with E-state index < -0.39 is 0 Å². The van der Waals surface area contributed by atoms with Crippen LogP contribution in [0.4, 0.5) is 0 Å². The molecule has 0 radical (unpaired) electrons. The van der Waals surface area contributed by atoms with E-state index in [2.05, 4.69) is 20.1 Å². The molecule has 9 nitrogen and oxygen atoms in total. The number of aromatic amines is 1. The fourth-order valence-corrected chi connectivity index (χ4v) is 4.00. The predicted molar refractivity (Wildman–Crippen MR) is 126 cm³/mol. The SMILES string of the molecule is N#CCC(=O)N1CCN(Cc2ccc3cc(Oc4ccc(-c5ccn[nH]5)cn4)ccc3n2)CC1. The van der Waals surface area contributed by atoms with Crippen LogP contribution < -0.4 is 4.74 Å². The summed E-state index contributed by atoms with van der Waals surface area (Å²) in [6, 6.07) is 17.4. The minimum Gasteiger partial charge on any atom is -0.439 e. The van der Waals surface area contributed by atoms with E-state index in [4.69, 9.17) is 15.0 Å². The van der Waals surface area contributed by atoms with Crippen molar-refractivity contribution in [2.75, 3.05) is 26.2 Å². The van der Waals surface area contributed by atoms with Crippen molar-refractivity contribution in [2.24, 2.45) is 0 Å². The number of piperazine rings is 1. The fourth-order valence-electron chi connectivity index (χ4n) is 4.00. The number of carbonyl (C=O) groups is 1. The minimum atomic E-state index is -0.0899. The normalized spacial score (nSPS) is 14.1. The summed E-state index contributed by atoms with van der Waals surface area (Å²) in [6.45, 7) is 3.56. The van der Waals surface area contributed by atoms with Crippen molar-refractivity contribution < 1.29 is 9.53 Å². The zero-order valence-corrected chi connectivity index (χ0v) is 18.5. The second kappa shape index (κ2) is 9.68. The van der Waals surface area contributed by atoms with E-state index in [0.29, 0.717) is 24.7 Å². The first-order valence-corrected chi connectivity index (χ1v) is 11.1. The molecular formula is C25H23N7O2. The second-order valence-electron chi connectivity index (χ2n) is 8.11. The van der Waals surface area contributed by atoms with Gasteiger partial charge in [0.1, 0.15) is 12.2 Å². The second-order valence-corrected chi connectivity index (χ2v) is 8.11. The molecule has 3 aromatic heterocycles. The van der Waals surface area contributed by atoms with Gasteiger partial charge in [-0.15, -0.1) is 0 Å². The Hall–Kier alpha value is -4.29. The molecule has 0 aliphatic carbocycles. The van der Waals surface area contributed by atoms with Crippen LogP contribution in [-0.4, -0.2) is 62.1 Å². The maximum absolute atomic E-state index is 11.9. The number of nitriles is 1. The highest BCUT2D eigenvalue weighted by Gasteiger charge is 2.21. The van der Waals surface area contributed by atoms with Crippen molar-refractivity contribution in [3.05, 3.63) is 66.6 Å². The number of aromatic nitrogens is 4. The minimum absolute atomic E-state index is 0.0511. The Morgan fingerprint density at radius 1 is 1.09 bits per heavy atom. The zero-order valence-electron chi connectivity index (χ0n) is 18.5. The monoisotopic (exact) mass is 453 g/mol. The van der Waals surface area contributed by atoms with Gasteiger partial charge in [0.15, 0.2) is 0 Å². The maximum Gasteiger partial charge on any atom is 0.236 e. The molecule has 0 bridgehead atoms. The summed E-state index contributed by atoms with van der Waals surface area (Å²) in [5, 5.41) is 16.6. The third-order valence-electron chi connectivity index (χ3n) is 5.83. The molecule has 4 heterocycles. The van der Waals surface area contributed by atoms with E-state index in [0.717, 1.165) is 47.5 Å². The van der Waals surface area contributed by atoms with E-state index in [1.807, 2.05) is 54.6 Å². The molecule has 1 amide bonds. The Bertz CT molecular complexity index is 1320. The van der Waals surface area contributed by atoms with Crippen LogP contribution in [0.1, 0.15) is 12.1 Å². The van der Waals surface area contributed by atoms with Gasteiger partial charge in [0.05, 0.1) is 23.0 Å². The first-order chi connectivity index (χ1) is 16.7. The molecule has 9 heteroatoms. The largest absolute Gasteiger partial charge is 0.439 e. The predicted octanol–water partition coefficient (Wildman–Crippen LogP) is 3.37. The first kappa shape index (κ1) is 21.6. The molecule has 1 aliphatic rings. The molecule has 0 spiro atoms. The van der Waals surface area contributed by atoms with Gasteiger partial charge >= 0.3 is 0 Å². The van der Waals surface area contributed by atoms with Crippen LogP contribution in [0.3, 0.4) is 0 Å². The first-order valence-electron chi connectivity index (χ1n) is 11.1. The van der Waals surface area contributed by atoms with Crippen LogP contribution in [0, 0.1) is 11.3 Å². The number of hydrogen-bond donors (Lipinski definition) is 1. The number of rotatable bonds is 6. The summed E-state index contributed by atoms with van der Waals surface area (Å²) in [5.74, 6) is 1.12. The van der Waals surface area contributed by atoms with E-state index in [9.17, 15) is 4.79 Å². The smallest absolute Gasteiger partial charge is 0.236 e. The Kier molecular flexibility index (Phi) is 6.14. The van der Waals surface area contributed by atoms with Crippen LogP contribution >= 0.6 is 0 Å². The molecule has 34 heavy (non-hydrogen) atoms. The number of carbonyl (C=O) groups excluding carboxylic acids is 1. The van der Waals surface area contributed by atoms with Crippen molar-refractivity contribution >= 4 is 16.8 Å². The number of nitrogens with one attached hydrogen (secondary N) is 1. The van der Waals surface area contributed by atoms with Gasteiger partial charge in [0.25, 0.3) is 0 Å². The average Bonchev–Trinajstić information content (AvgIpc) is 3.40. The molecule has 5 rings (SSSR count). The van der Waals surface area contributed by atoms with Crippen molar-refractivity contribution in [3.63, 3.8) is 0 Å². The number of amides is 1. The fraction of sp³-hybridized carbons (Fsp3) is 0.240. The Labute approximate surface area is 196 Å². The van der Waals surface area contributed by atoms with E-state index in [-0.39, 0.29) is 12.3 Å². The summed E-state index contributed by atoms with van der Waals surface area (Å²) in [4.78, 5) is 25.1. The van der Waals surface area contributed by atoms with E-state index in [1.54, 1.807) is 17.3 Å². The van der Waals surface area contributed by atoms with Crippen LogP contribution in [0.5, 0.6) is 11.6 Å². The van der Waals surface area contributed by atoms with Gasteiger partial charge in [-0.25, -0.2) is 4.98 Å². The lowest BCUT2D eigenvalue weighted by Crippen LogP contribution is -2.48. The zero-order chi connectivity index (χ0) is 23.3. The van der Waals surface area contributed by atoms with Crippen LogP contribution in [0.2, 0.25) is 0 Å². The third kappa shape index (κ3) is 4.87. The summed E-state index contributed by atoms with van der Waals surface area (Å²) >= 11 is 0. The highest BCUT2D eigenvalue weighted by atomic mass is 16.5. The van der Waals surface area contributed by atoms with Gasteiger partial charge in [0, 0.05) is 62.1 Å². The van der Waals surface area contributed by atoms with Gasteiger partial charge in [-0.05, 0) is 36.4 Å². The van der Waals surface area contributed by atoms with Gasteiger partial charge in [-0.2, -0.15) is 10.4 Å². The summed E-state index contributed by atoms with van der Waals surface area (Å²) in [7, 11) is 0. The Morgan fingerprint density at radius 3 is 2.71 bits per heavy atom. The molecule has 0 saturated carbocycles. The number of ether oxygens (including phenoxy) is 1. The molecule has 1 aliphatic heterocycles. The summed E-state index contributed by atoms with van der Waals surface area (Å²) in [5.41, 5.74) is 3.72. The highest BCUT2D eigenvalue weighted by molar-refractivity contribution is 5.80. The van der Waals surface area contributed by atoms with Gasteiger partial charge < -0.3 is 9.64 Å². The number of fused-ring (bicyclic) bond motifs is 1. The molecule has 4 aromatic rings. The summed E-state index contributed by atoms with van der Waals surface area (Å²) < 4.78 is 5.93. The quantitative estimate of drug-likeness (QED) is 0.476. The van der Waals surface area contributed by atoms with E-state index >= 15 is 0 Å². The number of hydrogen-bond acceptors (Lipinski definition) is 7. The molecule has 1 fully saturated rings. The summed E-state index contributed by atoms with van der Waals surface area (Å²) in [6.07, 6.45) is 3.40. The molecule has 0 atom stereocenters. The number of benzene rings is 1. The average molecular weight is 454 g/mol. The molecule has 1 N–H and O–H groups in total. The molecule has 0 unspecified atom stereocenters. The molecular weight excluding hydrogens is 430 g/mol. The van der Waals surface area contributed by atoms with Gasteiger partial charge in [0.2, 0.25) is 11.8 Å². The van der Waals surface area contributed by atoms with Gasteiger partial charge in [-0.1, -0.05) is 6.07 Å². The standard InChI is InChI=1S/C25H23N7O2/c26-9-7-25(33)32-13-11-31(12-14-32)17-20-3-1-18-15-21(4-5-22(18)29-20)34-24-6-2-19(16-27-24)23-8-10-28-30-23/h1-6,8,10,15-16H,7,11-14,17H2,(H,28,30). The van der Waals surface area contributed by atoms with Crippen molar-refractivity contribution in [3.8, 4) is 29.0 Å². The van der Waals surface area contributed by atoms with Gasteiger partial charge in [-0.3, -0.25) is 19.8 Å². The molecule has 1 aromatic carbocycles. The molecule has 170 valence electrons. The Balaban J connectivity index is 1.21. The lowest BCUT2D eigenvalue weighted by Gasteiger charge is -2.34. The number of pyridine rings is 2. The van der Waals surface area contributed by atoms with Crippen molar-refractivity contribution in [2.45, 2.75) is 13.0 Å². The lowest BCUT2D eigenvalue weighted by atomic mass is 10.2. The van der Waals surface area contributed by atoms with Crippen LogP contribution in [0.15, 0.2) is 60.9 Å². The number of nitrogens with zero attached hydrogens (tertiary/aromatic N) is 6. The van der Waals surface area contributed by atoms with Crippen LogP contribution in [0.25, 0.3) is 22.2 Å². The topological polar surface area (TPSA) is 111 Å². The van der Waals surface area contributed by atoms with Crippen molar-refractivity contribution in [1.29, 1.82) is 5.26 Å². The lowest BCUT2D eigenvalue weighted by molar-refractivity contribution is -0.131. The maximum atomic E-state index is 11.9. The van der Waals surface area contributed by atoms with Crippen LogP contribution in [-0.2, 0) is 11.3 Å². The van der Waals surface area contributed by atoms with E-state index in [1.165, 1.54) is 0 Å². The highest BCUT2D eigenvalue weighted by Crippen LogP contribution is 2.26. The van der Waals surface area contributed by atoms with Crippen molar-refractivity contribution in [1.82, 2.24) is 30.0 Å². The molecule has 1 saturated heterocycles. The third-order valence-corrected chi connectivity index (χ3v) is 5.83.